The van der Waals surface area contributed by atoms with E-state index < -0.39 is 17.9 Å². The Labute approximate surface area is 233 Å². The molecule has 1 atom stereocenters. The number of pyridine rings is 1. The average molecular weight is 539 g/mol. The number of nitrogens with one attached hydrogen (secondary N) is 3. The summed E-state index contributed by atoms with van der Waals surface area (Å²) >= 11 is 0. The molecule has 3 aromatic carbocycles. The molecule has 1 unspecified atom stereocenters. The molecule has 1 aromatic heterocycles. The van der Waals surface area contributed by atoms with Gasteiger partial charge >= 0.3 is 5.97 Å². The molecule has 2 amide bonds. The van der Waals surface area contributed by atoms with Gasteiger partial charge in [0.05, 0.1) is 19.0 Å². The summed E-state index contributed by atoms with van der Waals surface area (Å²) in [4.78, 5) is 40.5. The Morgan fingerprint density at radius 2 is 1.68 bits per heavy atom. The highest BCUT2D eigenvalue weighted by Crippen LogP contribution is 2.30. The molecule has 0 aliphatic carbocycles. The van der Waals surface area contributed by atoms with Crippen LogP contribution in [0.1, 0.15) is 42.9 Å². The Balaban J connectivity index is 1.26. The SMILES string of the molecule is Cc1ccnc(NCCCCC(=O)NCC(=O)NC(CC(=O)O)c2ccc(-c3cccc4ccccc34)cc2)c1. The fraction of sp³-hybridized carbons (Fsp3) is 0.250. The highest BCUT2D eigenvalue weighted by atomic mass is 16.4. The topological polar surface area (TPSA) is 120 Å². The van der Waals surface area contributed by atoms with Gasteiger partial charge in [-0.15, -0.1) is 0 Å². The fourth-order valence-corrected chi connectivity index (χ4v) is 4.57. The number of unbranched alkanes of at least 4 members (excludes halogenated alkanes) is 1. The Bertz CT molecular complexity index is 1460. The number of carbonyl (C=O) groups is 3. The molecule has 4 rings (SSSR count). The van der Waals surface area contributed by atoms with Gasteiger partial charge < -0.3 is 21.1 Å². The lowest BCUT2D eigenvalue weighted by molar-refractivity contribution is -0.138. The summed E-state index contributed by atoms with van der Waals surface area (Å²) in [6.45, 7) is 2.48. The number of nitrogens with zero attached hydrogens (tertiary/aromatic N) is 1. The maximum absolute atomic E-state index is 12.6. The molecule has 0 bridgehead atoms. The van der Waals surface area contributed by atoms with E-state index >= 15 is 0 Å². The van der Waals surface area contributed by atoms with E-state index in [0.29, 0.717) is 24.9 Å². The Morgan fingerprint density at radius 3 is 2.45 bits per heavy atom. The van der Waals surface area contributed by atoms with Crippen LogP contribution in [0.2, 0.25) is 0 Å². The number of aryl methyl sites for hydroxylation is 1. The van der Waals surface area contributed by atoms with Gasteiger partial charge in [-0.3, -0.25) is 14.4 Å². The summed E-state index contributed by atoms with van der Waals surface area (Å²) in [5, 5.41) is 20.3. The third-order valence-corrected chi connectivity index (χ3v) is 6.63. The minimum absolute atomic E-state index is 0.214. The Hall–Kier alpha value is -4.72. The largest absolute Gasteiger partial charge is 0.481 e. The van der Waals surface area contributed by atoms with Crippen molar-refractivity contribution in [2.45, 2.75) is 38.6 Å². The first kappa shape index (κ1) is 28.3. The quantitative estimate of drug-likeness (QED) is 0.173. The zero-order chi connectivity index (χ0) is 28.3. The summed E-state index contributed by atoms with van der Waals surface area (Å²) in [5.41, 5.74) is 3.88. The van der Waals surface area contributed by atoms with E-state index in [2.05, 4.69) is 39.1 Å². The van der Waals surface area contributed by atoms with Gasteiger partial charge in [-0.05, 0) is 64.9 Å². The number of hydrogen-bond acceptors (Lipinski definition) is 5. The van der Waals surface area contributed by atoms with E-state index in [0.717, 1.165) is 39.7 Å². The van der Waals surface area contributed by atoms with Crippen LogP contribution in [0.25, 0.3) is 21.9 Å². The van der Waals surface area contributed by atoms with Crippen molar-refractivity contribution in [1.82, 2.24) is 15.6 Å². The van der Waals surface area contributed by atoms with Crippen LogP contribution in [0.5, 0.6) is 0 Å². The normalized spacial score (nSPS) is 11.5. The first-order chi connectivity index (χ1) is 19.4. The summed E-state index contributed by atoms with van der Waals surface area (Å²) in [7, 11) is 0. The van der Waals surface area contributed by atoms with Crippen LogP contribution in [0.4, 0.5) is 5.82 Å². The molecule has 8 heteroatoms. The van der Waals surface area contributed by atoms with Crippen LogP contribution in [-0.2, 0) is 14.4 Å². The van der Waals surface area contributed by atoms with Gasteiger partial charge in [0.15, 0.2) is 0 Å². The molecule has 4 N–H and O–H groups in total. The predicted octanol–water partition coefficient (Wildman–Crippen LogP) is 5.24. The second kappa shape index (κ2) is 13.9. The number of carboxylic acids is 1. The van der Waals surface area contributed by atoms with Crippen molar-refractivity contribution in [1.29, 1.82) is 0 Å². The van der Waals surface area contributed by atoms with Crippen molar-refractivity contribution in [3.05, 3.63) is 96.2 Å². The number of carbonyl (C=O) groups excluding carboxylic acids is 2. The monoisotopic (exact) mass is 538 g/mol. The predicted molar refractivity (Wildman–Crippen MR) is 157 cm³/mol. The number of anilines is 1. The second-order valence-corrected chi connectivity index (χ2v) is 9.75. The smallest absolute Gasteiger partial charge is 0.305 e. The number of aromatic nitrogens is 1. The summed E-state index contributed by atoms with van der Waals surface area (Å²) in [6, 6.07) is 25.0. The third-order valence-electron chi connectivity index (χ3n) is 6.63. The molecule has 0 radical (unpaired) electrons. The molecule has 0 aliphatic heterocycles. The Kier molecular flexibility index (Phi) is 9.83. The van der Waals surface area contributed by atoms with Crippen molar-refractivity contribution in [2.75, 3.05) is 18.4 Å². The second-order valence-electron chi connectivity index (χ2n) is 9.75. The van der Waals surface area contributed by atoms with E-state index in [4.69, 9.17) is 0 Å². The first-order valence-corrected chi connectivity index (χ1v) is 13.4. The van der Waals surface area contributed by atoms with E-state index in [1.54, 1.807) is 6.20 Å². The molecular formula is C32H34N4O4. The number of amides is 2. The van der Waals surface area contributed by atoms with Gasteiger partial charge in [0.2, 0.25) is 11.8 Å². The van der Waals surface area contributed by atoms with Gasteiger partial charge in [0, 0.05) is 19.2 Å². The number of rotatable bonds is 13. The minimum atomic E-state index is -1.03. The lowest BCUT2D eigenvalue weighted by atomic mass is 9.95. The van der Waals surface area contributed by atoms with Crippen LogP contribution in [0.15, 0.2) is 85.1 Å². The highest BCUT2D eigenvalue weighted by Gasteiger charge is 2.19. The molecule has 206 valence electrons. The van der Waals surface area contributed by atoms with Gasteiger partial charge in [-0.2, -0.15) is 0 Å². The van der Waals surface area contributed by atoms with Crippen LogP contribution in [-0.4, -0.2) is 41.0 Å². The average Bonchev–Trinajstić information content (AvgIpc) is 2.95. The lowest BCUT2D eigenvalue weighted by Crippen LogP contribution is -2.39. The molecule has 0 spiro atoms. The number of hydrogen-bond donors (Lipinski definition) is 4. The van der Waals surface area contributed by atoms with Crippen molar-refractivity contribution < 1.29 is 19.5 Å². The van der Waals surface area contributed by atoms with E-state index in [1.165, 1.54) is 0 Å². The van der Waals surface area contributed by atoms with Crippen molar-refractivity contribution >= 4 is 34.4 Å². The molecule has 0 fully saturated rings. The molecule has 0 aliphatic rings. The van der Waals surface area contributed by atoms with Gasteiger partial charge in [0.25, 0.3) is 0 Å². The fourth-order valence-electron chi connectivity index (χ4n) is 4.57. The van der Waals surface area contributed by atoms with Crippen LogP contribution < -0.4 is 16.0 Å². The Morgan fingerprint density at radius 1 is 0.900 bits per heavy atom. The van der Waals surface area contributed by atoms with E-state index in [9.17, 15) is 19.5 Å². The lowest BCUT2D eigenvalue weighted by Gasteiger charge is -2.18. The zero-order valence-corrected chi connectivity index (χ0v) is 22.5. The van der Waals surface area contributed by atoms with Gasteiger partial charge in [-0.1, -0.05) is 66.7 Å². The first-order valence-electron chi connectivity index (χ1n) is 13.4. The minimum Gasteiger partial charge on any atom is -0.481 e. The summed E-state index contributed by atoms with van der Waals surface area (Å²) < 4.78 is 0. The summed E-state index contributed by atoms with van der Waals surface area (Å²) in [6.07, 6.45) is 3.22. The maximum Gasteiger partial charge on any atom is 0.305 e. The molecule has 0 saturated carbocycles. The van der Waals surface area contributed by atoms with E-state index in [1.807, 2.05) is 67.6 Å². The molecular weight excluding hydrogens is 504 g/mol. The summed E-state index contributed by atoms with van der Waals surface area (Å²) in [5.74, 6) is -0.884. The molecule has 0 saturated heterocycles. The standard InChI is InChI=1S/C32H34N4O4/c1-22-16-18-34-29(19-22)33-17-5-4-11-30(37)35-21-31(38)36-28(20-32(39)40)25-14-12-24(13-15-25)27-10-6-8-23-7-2-3-9-26(23)27/h2-3,6-10,12-16,18-19,28H,4-5,11,17,20-21H2,1H3,(H,33,34)(H,35,37)(H,36,38)(H,39,40). The van der Waals surface area contributed by atoms with Crippen molar-refractivity contribution in [2.24, 2.45) is 0 Å². The van der Waals surface area contributed by atoms with Gasteiger partial charge in [0.1, 0.15) is 5.82 Å². The third kappa shape index (κ3) is 8.14. The van der Waals surface area contributed by atoms with Crippen LogP contribution in [0, 0.1) is 6.92 Å². The number of benzene rings is 3. The molecule has 4 aromatic rings. The van der Waals surface area contributed by atoms with Gasteiger partial charge in [-0.25, -0.2) is 4.98 Å². The van der Waals surface area contributed by atoms with Crippen molar-refractivity contribution in [3.63, 3.8) is 0 Å². The zero-order valence-electron chi connectivity index (χ0n) is 22.5. The van der Waals surface area contributed by atoms with E-state index in [-0.39, 0.29) is 18.9 Å². The van der Waals surface area contributed by atoms with Crippen molar-refractivity contribution in [3.8, 4) is 11.1 Å². The molecule has 40 heavy (non-hydrogen) atoms. The van der Waals surface area contributed by atoms with Crippen LogP contribution in [0.3, 0.4) is 0 Å². The van der Waals surface area contributed by atoms with Crippen LogP contribution >= 0.6 is 0 Å². The number of fused-ring (bicyclic) bond motifs is 1. The number of aliphatic carboxylic acids is 1. The molecule has 8 nitrogen and oxygen atoms in total. The number of carboxylic acid groups (broad SMARTS) is 1. The highest BCUT2D eigenvalue weighted by molar-refractivity contribution is 5.96. The maximum atomic E-state index is 12.6. The molecule has 1 heterocycles.